The molecule has 25 heavy (non-hydrogen) atoms. The normalized spacial score (nSPS) is 14.0. The molecule has 2 aromatic rings. The van der Waals surface area contributed by atoms with Gasteiger partial charge in [0.25, 0.3) is 0 Å². The highest BCUT2D eigenvalue weighted by Gasteiger charge is 2.29. The number of anilines is 1. The lowest BCUT2D eigenvalue weighted by Crippen LogP contribution is -2.39. The van der Waals surface area contributed by atoms with Gasteiger partial charge in [-0.25, -0.2) is 9.48 Å². The Morgan fingerprint density at radius 3 is 2.80 bits per heavy atom. The van der Waals surface area contributed by atoms with Crippen LogP contribution in [-0.4, -0.2) is 54.2 Å². The number of hydrogen-bond acceptors (Lipinski definition) is 6. The van der Waals surface area contributed by atoms with Crippen molar-refractivity contribution in [1.29, 1.82) is 0 Å². The zero-order chi connectivity index (χ0) is 17.8. The quantitative estimate of drug-likeness (QED) is 0.795. The van der Waals surface area contributed by atoms with E-state index in [2.05, 4.69) is 15.3 Å². The van der Waals surface area contributed by atoms with Crippen molar-refractivity contribution in [2.24, 2.45) is 0 Å². The molecule has 134 valence electrons. The van der Waals surface area contributed by atoms with E-state index in [1.807, 2.05) is 12.1 Å². The molecule has 0 spiro atoms. The molecule has 0 radical (unpaired) electrons. The fourth-order valence-corrected chi connectivity index (χ4v) is 2.87. The van der Waals surface area contributed by atoms with Gasteiger partial charge in [0.1, 0.15) is 17.1 Å². The summed E-state index contributed by atoms with van der Waals surface area (Å²) in [6.07, 6.45) is 0. The smallest absolute Gasteiger partial charge is 0.344 e. The zero-order valence-corrected chi connectivity index (χ0v) is 15.0. The number of aromatic nitrogens is 2. The van der Waals surface area contributed by atoms with Crippen molar-refractivity contribution in [1.82, 2.24) is 14.7 Å². The van der Waals surface area contributed by atoms with Crippen LogP contribution in [0.2, 0.25) is 5.02 Å². The number of benzene rings is 1. The van der Waals surface area contributed by atoms with Crippen LogP contribution in [0.4, 0.5) is 5.82 Å². The first-order chi connectivity index (χ1) is 12.1. The van der Waals surface area contributed by atoms with E-state index in [9.17, 15) is 4.79 Å². The maximum absolute atomic E-state index is 12.5. The molecule has 0 saturated heterocycles. The van der Waals surface area contributed by atoms with Crippen molar-refractivity contribution in [2.45, 2.75) is 13.6 Å². The maximum atomic E-state index is 12.5. The molecule has 1 N–H and O–H groups in total. The van der Waals surface area contributed by atoms with Gasteiger partial charge in [-0.3, -0.25) is 4.90 Å². The molecule has 1 aromatic heterocycles. The van der Waals surface area contributed by atoms with Gasteiger partial charge in [-0.2, -0.15) is 5.10 Å². The number of nitrogens with zero attached hydrogens (tertiary/aromatic N) is 3. The number of fused-ring (bicyclic) bond motifs is 1. The molecule has 0 atom stereocenters. The summed E-state index contributed by atoms with van der Waals surface area (Å²) in [5.41, 5.74) is 1.86. The number of methoxy groups -OCH3 is 1. The van der Waals surface area contributed by atoms with Gasteiger partial charge < -0.3 is 14.8 Å². The highest BCUT2D eigenvalue weighted by molar-refractivity contribution is 6.30. The minimum Gasteiger partial charge on any atom is -0.462 e. The van der Waals surface area contributed by atoms with Crippen LogP contribution in [0.25, 0.3) is 11.3 Å². The van der Waals surface area contributed by atoms with Gasteiger partial charge in [-0.15, -0.1) is 0 Å². The SMILES string of the molecule is CCOC(=O)c1c(-c2ccc(Cl)cc2)nn2c1NCN(CCOC)C2. The molecule has 3 rings (SSSR count). The lowest BCUT2D eigenvalue weighted by Gasteiger charge is -2.28. The van der Waals surface area contributed by atoms with Gasteiger partial charge in [0, 0.05) is 24.2 Å². The first kappa shape index (κ1) is 17.7. The molecule has 0 amide bonds. The minimum absolute atomic E-state index is 0.309. The van der Waals surface area contributed by atoms with E-state index >= 15 is 0 Å². The van der Waals surface area contributed by atoms with E-state index in [0.29, 0.717) is 48.6 Å². The van der Waals surface area contributed by atoms with Crippen LogP contribution in [0.1, 0.15) is 17.3 Å². The molecular formula is C17H21ClN4O3. The summed E-state index contributed by atoms with van der Waals surface area (Å²) in [5.74, 6) is 0.295. The molecule has 7 nitrogen and oxygen atoms in total. The number of ether oxygens (including phenoxy) is 2. The number of rotatable bonds is 6. The van der Waals surface area contributed by atoms with Crippen LogP contribution in [0.15, 0.2) is 24.3 Å². The molecule has 1 aliphatic heterocycles. The van der Waals surface area contributed by atoms with Crippen LogP contribution in [0.3, 0.4) is 0 Å². The van der Waals surface area contributed by atoms with Crippen LogP contribution in [0, 0.1) is 0 Å². The Morgan fingerprint density at radius 2 is 2.12 bits per heavy atom. The Bertz CT molecular complexity index is 745. The summed E-state index contributed by atoms with van der Waals surface area (Å²) in [7, 11) is 1.67. The summed E-state index contributed by atoms with van der Waals surface area (Å²) in [5, 5.41) is 8.55. The van der Waals surface area contributed by atoms with E-state index in [4.69, 9.17) is 21.1 Å². The summed E-state index contributed by atoms with van der Waals surface area (Å²) < 4.78 is 12.2. The third-order valence-corrected chi connectivity index (χ3v) is 4.22. The van der Waals surface area contributed by atoms with Crippen LogP contribution in [0.5, 0.6) is 0 Å². The molecule has 0 saturated carbocycles. The van der Waals surface area contributed by atoms with Gasteiger partial charge in [0.05, 0.1) is 26.6 Å². The van der Waals surface area contributed by atoms with Gasteiger partial charge in [-0.05, 0) is 19.1 Å². The van der Waals surface area contributed by atoms with E-state index < -0.39 is 0 Å². The van der Waals surface area contributed by atoms with Crippen molar-refractivity contribution in [3.63, 3.8) is 0 Å². The van der Waals surface area contributed by atoms with E-state index in [1.165, 1.54) is 0 Å². The van der Waals surface area contributed by atoms with Crippen molar-refractivity contribution >= 4 is 23.4 Å². The predicted octanol–water partition coefficient (Wildman–Crippen LogP) is 2.67. The topological polar surface area (TPSA) is 68.6 Å². The molecule has 2 heterocycles. The Morgan fingerprint density at radius 1 is 1.36 bits per heavy atom. The monoisotopic (exact) mass is 364 g/mol. The lowest BCUT2D eigenvalue weighted by atomic mass is 10.1. The summed E-state index contributed by atoms with van der Waals surface area (Å²) in [6.45, 7) is 4.69. The number of halogens is 1. The molecule has 0 aliphatic carbocycles. The fraction of sp³-hybridized carbons (Fsp3) is 0.412. The molecule has 8 heteroatoms. The molecule has 1 aliphatic rings. The second-order valence-electron chi connectivity index (χ2n) is 5.66. The van der Waals surface area contributed by atoms with Crippen LogP contribution >= 0.6 is 11.6 Å². The summed E-state index contributed by atoms with van der Waals surface area (Å²) in [6, 6.07) is 7.26. The maximum Gasteiger partial charge on any atom is 0.344 e. The Balaban J connectivity index is 1.98. The van der Waals surface area contributed by atoms with Crippen LogP contribution in [-0.2, 0) is 16.1 Å². The lowest BCUT2D eigenvalue weighted by molar-refractivity contribution is 0.0527. The van der Waals surface area contributed by atoms with Gasteiger partial charge >= 0.3 is 5.97 Å². The largest absolute Gasteiger partial charge is 0.462 e. The zero-order valence-electron chi connectivity index (χ0n) is 14.3. The van der Waals surface area contributed by atoms with Crippen molar-refractivity contribution in [2.75, 3.05) is 38.9 Å². The Hall–Kier alpha value is -2.09. The second kappa shape index (κ2) is 7.86. The molecule has 0 unspecified atom stereocenters. The van der Waals surface area contributed by atoms with E-state index in [0.717, 1.165) is 12.1 Å². The second-order valence-corrected chi connectivity index (χ2v) is 6.10. The number of nitrogens with one attached hydrogen (secondary N) is 1. The van der Waals surface area contributed by atoms with Crippen LogP contribution < -0.4 is 5.32 Å². The predicted molar refractivity (Wildman–Crippen MR) is 95.7 cm³/mol. The third kappa shape index (κ3) is 3.78. The van der Waals surface area contributed by atoms with Crippen molar-refractivity contribution in [3.05, 3.63) is 34.9 Å². The standard InChI is InChI=1S/C17H21ClN4O3/c1-3-25-17(23)14-15(12-4-6-13(18)7-5-12)20-22-11-21(8-9-24-2)10-19-16(14)22/h4-7,19H,3,8-11H2,1-2H3. The third-order valence-electron chi connectivity index (χ3n) is 3.97. The Labute approximate surface area is 151 Å². The average Bonchev–Trinajstić information content (AvgIpc) is 2.99. The Kier molecular flexibility index (Phi) is 5.57. The average molecular weight is 365 g/mol. The van der Waals surface area contributed by atoms with Gasteiger partial charge in [-0.1, -0.05) is 23.7 Å². The number of esters is 1. The van der Waals surface area contributed by atoms with Crippen molar-refractivity contribution in [3.8, 4) is 11.3 Å². The highest BCUT2D eigenvalue weighted by atomic mass is 35.5. The van der Waals surface area contributed by atoms with E-state index in [1.54, 1.807) is 30.8 Å². The van der Waals surface area contributed by atoms with E-state index in [-0.39, 0.29) is 5.97 Å². The first-order valence-corrected chi connectivity index (χ1v) is 8.50. The summed E-state index contributed by atoms with van der Waals surface area (Å²) >= 11 is 5.97. The summed E-state index contributed by atoms with van der Waals surface area (Å²) in [4.78, 5) is 14.7. The molecule has 0 bridgehead atoms. The number of carbonyl (C=O) groups excluding carboxylic acids is 1. The number of hydrogen-bond donors (Lipinski definition) is 1. The van der Waals surface area contributed by atoms with Gasteiger partial charge in [0.2, 0.25) is 0 Å². The van der Waals surface area contributed by atoms with Gasteiger partial charge in [0.15, 0.2) is 0 Å². The molecule has 0 fully saturated rings. The first-order valence-electron chi connectivity index (χ1n) is 8.13. The van der Waals surface area contributed by atoms with Crippen molar-refractivity contribution < 1.29 is 14.3 Å². The highest BCUT2D eigenvalue weighted by Crippen LogP contribution is 2.32. The minimum atomic E-state index is -0.383. The number of carbonyl (C=O) groups is 1. The fourth-order valence-electron chi connectivity index (χ4n) is 2.75. The molecular weight excluding hydrogens is 344 g/mol. The molecule has 1 aromatic carbocycles.